The van der Waals surface area contributed by atoms with Gasteiger partial charge in [-0.1, -0.05) is 24.3 Å². The Hall–Kier alpha value is -0.530. The molecule has 1 aliphatic rings. The molecule has 1 aromatic rings. The number of aryl methyl sites for hydroxylation is 1. The summed E-state index contributed by atoms with van der Waals surface area (Å²) in [6.07, 6.45) is 4.86. The van der Waals surface area contributed by atoms with Crippen LogP contribution in [0.25, 0.3) is 0 Å². The summed E-state index contributed by atoms with van der Waals surface area (Å²) >= 11 is 5.68. The summed E-state index contributed by atoms with van der Waals surface area (Å²) in [4.78, 5) is 0. The lowest BCUT2D eigenvalue weighted by molar-refractivity contribution is 0.461. The molecule has 0 aromatic heterocycles. The number of nitrogens with one attached hydrogen (secondary N) is 1. The van der Waals surface area contributed by atoms with Gasteiger partial charge in [-0.2, -0.15) is 0 Å². The number of hydrogen-bond donors (Lipinski definition) is 1. The Balaban J connectivity index is 2.02. The van der Waals surface area contributed by atoms with E-state index in [2.05, 4.69) is 29.6 Å². The molecule has 1 aliphatic carbocycles. The van der Waals surface area contributed by atoms with E-state index < -0.39 is 0 Å². The second-order valence-corrected chi connectivity index (χ2v) is 4.52. The first-order chi connectivity index (χ1) is 7.42. The third kappa shape index (κ3) is 2.73. The minimum absolute atomic E-state index is 0.554. The zero-order valence-corrected chi connectivity index (χ0v) is 9.76. The Bertz CT molecular complexity index is 311. The van der Waals surface area contributed by atoms with Crippen LogP contribution in [0.4, 0.5) is 0 Å². The highest BCUT2D eigenvalue weighted by molar-refractivity contribution is 6.17. The summed E-state index contributed by atoms with van der Waals surface area (Å²) in [5, 5.41) is 3.59. The quantitative estimate of drug-likeness (QED) is 0.610. The molecule has 15 heavy (non-hydrogen) atoms. The first kappa shape index (κ1) is 11.0. The van der Waals surface area contributed by atoms with Gasteiger partial charge in [-0.05, 0) is 43.4 Å². The highest BCUT2D eigenvalue weighted by atomic mass is 35.5. The van der Waals surface area contributed by atoms with Crippen molar-refractivity contribution in [2.75, 3.05) is 12.4 Å². The van der Waals surface area contributed by atoms with E-state index in [4.69, 9.17) is 11.6 Å². The maximum absolute atomic E-state index is 5.68. The van der Waals surface area contributed by atoms with Crippen molar-refractivity contribution in [3.05, 3.63) is 35.4 Å². The molecule has 82 valence electrons. The van der Waals surface area contributed by atoms with Crippen LogP contribution in [0.5, 0.6) is 0 Å². The Kier molecular flexibility index (Phi) is 4.04. The highest BCUT2D eigenvalue weighted by Gasteiger charge is 2.18. The van der Waals surface area contributed by atoms with E-state index in [1.807, 2.05) is 0 Å². The van der Waals surface area contributed by atoms with Gasteiger partial charge in [-0.15, -0.1) is 11.6 Å². The number of hydrogen-bond acceptors (Lipinski definition) is 1. The molecule has 0 spiro atoms. The van der Waals surface area contributed by atoms with Gasteiger partial charge in [-0.3, -0.25) is 0 Å². The summed E-state index contributed by atoms with van der Waals surface area (Å²) in [6.45, 7) is 1.03. The van der Waals surface area contributed by atoms with Gasteiger partial charge in [0.1, 0.15) is 0 Å². The van der Waals surface area contributed by atoms with Crippen LogP contribution in [-0.2, 0) is 6.42 Å². The lowest BCUT2D eigenvalue weighted by Crippen LogP contribution is -2.26. The molecule has 1 atom stereocenters. The molecule has 0 radical (unpaired) electrons. The smallest absolute Gasteiger partial charge is 0.0323 e. The van der Waals surface area contributed by atoms with Crippen LogP contribution in [0.1, 0.15) is 36.4 Å². The normalized spacial score (nSPS) is 19.9. The van der Waals surface area contributed by atoms with Crippen molar-refractivity contribution in [3.8, 4) is 0 Å². The molecule has 0 saturated heterocycles. The second-order valence-electron chi connectivity index (χ2n) is 4.14. The summed E-state index contributed by atoms with van der Waals surface area (Å²) in [6, 6.07) is 9.34. The Morgan fingerprint density at radius 3 is 3.07 bits per heavy atom. The van der Waals surface area contributed by atoms with Gasteiger partial charge >= 0.3 is 0 Å². The summed E-state index contributed by atoms with van der Waals surface area (Å²) < 4.78 is 0. The third-order valence-corrected chi connectivity index (χ3v) is 3.34. The van der Waals surface area contributed by atoms with Gasteiger partial charge in [0.2, 0.25) is 0 Å². The lowest BCUT2D eigenvalue weighted by Gasteiger charge is -2.26. The number of fused-ring (bicyclic) bond motifs is 1. The average molecular weight is 224 g/mol. The molecule has 1 nitrogen and oxygen atoms in total. The van der Waals surface area contributed by atoms with Gasteiger partial charge in [0.15, 0.2) is 0 Å². The molecule has 0 bridgehead atoms. The van der Waals surface area contributed by atoms with Crippen molar-refractivity contribution in [3.63, 3.8) is 0 Å². The first-order valence-corrected chi connectivity index (χ1v) is 6.32. The van der Waals surface area contributed by atoms with Crippen LogP contribution in [0.3, 0.4) is 0 Å². The Morgan fingerprint density at radius 2 is 2.20 bits per heavy atom. The summed E-state index contributed by atoms with van der Waals surface area (Å²) in [5.74, 6) is 0.751. The van der Waals surface area contributed by atoms with Crippen LogP contribution in [0.15, 0.2) is 24.3 Å². The van der Waals surface area contributed by atoms with Crippen molar-refractivity contribution in [1.82, 2.24) is 5.32 Å². The van der Waals surface area contributed by atoms with Crippen LogP contribution in [0.2, 0.25) is 0 Å². The number of halogens is 1. The van der Waals surface area contributed by atoms with Crippen molar-refractivity contribution >= 4 is 11.6 Å². The molecule has 0 heterocycles. The standard InChI is InChI=1S/C13H18ClN/c14-9-4-10-15-13-8-3-6-11-5-1-2-7-12(11)13/h1-2,5,7,13,15H,3-4,6,8-10H2. The molecular formula is C13H18ClN. The average Bonchev–Trinajstić information content (AvgIpc) is 2.30. The van der Waals surface area contributed by atoms with Gasteiger partial charge in [0.05, 0.1) is 0 Å². The molecule has 0 saturated carbocycles. The predicted molar refractivity (Wildman–Crippen MR) is 65.5 cm³/mol. The van der Waals surface area contributed by atoms with E-state index in [0.717, 1.165) is 18.8 Å². The topological polar surface area (TPSA) is 12.0 Å². The number of alkyl halides is 1. The minimum atomic E-state index is 0.554. The zero-order valence-electron chi connectivity index (χ0n) is 9.01. The van der Waals surface area contributed by atoms with Crippen molar-refractivity contribution in [1.29, 1.82) is 0 Å². The number of benzene rings is 1. The van der Waals surface area contributed by atoms with E-state index in [0.29, 0.717) is 6.04 Å². The Morgan fingerprint density at radius 1 is 1.33 bits per heavy atom. The molecule has 2 heteroatoms. The van der Waals surface area contributed by atoms with Crippen LogP contribution in [-0.4, -0.2) is 12.4 Å². The molecule has 0 aliphatic heterocycles. The van der Waals surface area contributed by atoms with Crippen LogP contribution in [0, 0.1) is 0 Å². The lowest BCUT2D eigenvalue weighted by atomic mass is 9.88. The van der Waals surface area contributed by atoms with Crippen LogP contribution >= 0.6 is 11.6 Å². The minimum Gasteiger partial charge on any atom is -0.310 e. The molecule has 2 rings (SSSR count). The predicted octanol–water partition coefficient (Wildman–Crippen LogP) is 3.28. The fourth-order valence-electron chi connectivity index (χ4n) is 2.31. The molecular weight excluding hydrogens is 206 g/mol. The van der Waals surface area contributed by atoms with Gasteiger partial charge in [0, 0.05) is 11.9 Å². The van der Waals surface area contributed by atoms with Crippen molar-refractivity contribution in [2.24, 2.45) is 0 Å². The zero-order chi connectivity index (χ0) is 10.5. The summed E-state index contributed by atoms with van der Waals surface area (Å²) in [5.41, 5.74) is 3.02. The van der Waals surface area contributed by atoms with Gasteiger partial charge in [-0.25, -0.2) is 0 Å². The maximum atomic E-state index is 5.68. The molecule has 1 N–H and O–H groups in total. The fraction of sp³-hybridized carbons (Fsp3) is 0.538. The van der Waals surface area contributed by atoms with E-state index >= 15 is 0 Å². The Labute approximate surface area is 96.8 Å². The van der Waals surface area contributed by atoms with E-state index in [1.165, 1.54) is 30.4 Å². The second kappa shape index (κ2) is 5.53. The van der Waals surface area contributed by atoms with Crippen molar-refractivity contribution in [2.45, 2.75) is 31.7 Å². The SMILES string of the molecule is ClCCCNC1CCCc2ccccc21. The molecule has 1 aromatic carbocycles. The van der Waals surface area contributed by atoms with Gasteiger partial charge < -0.3 is 5.32 Å². The summed E-state index contributed by atoms with van der Waals surface area (Å²) in [7, 11) is 0. The largest absolute Gasteiger partial charge is 0.310 e. The van der Waals surface area contributed by atoms with Crippen LogP contribution < -0.4 is 5.32 Å². The van der Waals surface area contributed by atoms with E-state index in [9.17, 15) is 0 Å². The van der Waals surface area contributed by atoms with E-state index in [-0.39, 0.29) is 0 Å². The molecule has 0 amide bonds. The molecule has 0 fully saturated rings. The van der Waals surface area contributed by atoms with Gasteiger partial charge in [0.25, 0.3) is 0 Å². The van der Waals surface area contributed by atoms with E-state index in [1.54, 1.807) is 0 Å². The fourth-order valence-corrected chi connectivity index (χ4v) is 2.44. The molecule has 1 unspecified atom stereocenters. The first-order valence-electron chi connectivity index (χ1n) is 5.79. The number of rotatable bonds is 4. The monoisotopic (exact) mass is 223 g/mol. The highest BCUT2D eigenvalue weighted by Crippen LogP contribution is 2.29. The van der Waals surface area contributed by atoms with Crippen molar-refractivity contribution < 1.29 is 0 Å². The maximum Gasteiger partial charge on any atom is 0.0323 e. The third-order valence-electron chi connectivity index (χ3n) is 3.07.